The van der Waals surface area contributed by atoms with Crippen LogP contribution in [-0.4, -0.2) is 75.2 Å². The van der Waals surface area contributed by atoms with Crippen LogP contribution in [0, 0.1) is 0 Å². The fraction of sp³-hybridized carbons (Fsp3) is 0.476. The summed E-state index contributed by atoms with van der Waals surface area (Å²) < 4.78 is 34.9. The Morgan fingerprint density at radius 2 is 1.84 bits per heavy atom. The predicted molar refractivity (Wildman–Crippen MR) is 132 cm³/mol. The fourth-order valence-electron chi connectivity index (χ4n) is 3.95. The first-order chi connectivity index (χ1) is 17.5. The molecule has 202 valence electrons. The van der Waals surface area contributed by atoms with Gasteiger partial charge >= 0.3 is 15.2 Å². The highest BCUT2D eigenvalue weighted by molar-refractivity contribution is 7.70. The van der Waals surface area contributed by atoms with Crippen molar-refractivity contribution in [3.05, 3.63) is 48.0 Å². The Balaban J connectivity index is 1.57. The normalized spacial score (nSPS) is 23.8. The van der Waals surface area contributed by atoms with Crippen molar-refractivity contribution in [2.75, 3.05) is 17.8 Å². The lowest BCUT2D eigenvalue weighted by molar-refractivity contribution is -0.0483. The Bertz CT molecular complexity index is 1320. The van der Waals surface area contributed by atoms with Crippen LogP contribution in [0.4, 0.5) is 5.82 Å². The lowest BCUT2D eigenvalue weighted by atomic mass is 10.1. The van der Waals surface area contributed by atoms with Crippen LogP contribution in [0.5, 0.6) is 0 Å². The Labute approximate surface area is 212 Å². The summed E-state index contributed by atoms with van der Waals surface area (Å²) in [6, 6.07) is 9.71. The average Bonchev–Trinajstić information content (AvgIpc) is 3.36. The second-order valence-electron chi connectivity index (χ2n) is 8.69. The number of aromatic nitrogens is 4. The van der Waals surface area contributed by atoms with Gasteiger partial charge in [0, 0.05) is 13.0 Å². The number of aliphatic hydroxyl groups is 2. The van der Waals surface area contributed by atoms with Gasteiger partial charge in [-0.1, -0.05) is 37.3 Å². The van der Waals surface area contributed by atoms with E-state index in [2.05, 4.69) is 20.3 Å². The topological polar surface area (TPSA) is 209 Å². The number of nitrogens with zero attached hydrogens (tertiary/aromatic N) is 4. The van der Waals surface area contributed by atoms with Crippen molar-refractivity contribution in [2.24, 2.45) is 0 Å². The second kappa shape index (κ2) is 11.2. The monoisotopic (exact) mass is 557 g/mol. The average molecular weight is 557 g/mol. The molecule has 4 rings (SSSR count). The van der Waals surface area contributed by atoms with Crippen molar-refractivity contribution >= 4 is 32.2 Å². The molecule has 1 aliphatic rings. The number of aryl methyl sites for hydroxylation is 1. The van der Waals surface area contributed by atoms with Crippen LogP contribution in [-0.2, 0) is 31.4 Å². The van der Waals surface area contributed by atoms with Crippen molar-refractivity contribution in [2.45, 2.75) is 50.8 Å². The minimum absolute atomic E-state index is 0.348. The molecule has 37 heavy (non-hydrogen) atoms. The first-order valence-corrected chi connectivity index (χ1v) is 15.1. The van der Waals surface area contributed by atoms with E-state index in [0.717, 1.165) is 12.0 Å². The molecule has 14 nitrogen and oxygen atoms in total. The van der Waals surface area contributed by atoms with E-state index in [9.17, 15) is 24.2 Å². The van der Waals surface area contributed by atoms with Crippen LogP contribution >= 0.6 is 15.2 Å². The van der Waals surface area contributed by atoms with Gasteiger partial charge in [-0.2, -0.15) is 0 Å². The van der Waals surface area contributed by atoms with Gasteiger partial charge < -0.3 is 39.5 Å². The smallest absolute Gasteiger partial charge is 0.340 e. The van der Waals surface area contributed by atoms with Crippen LogP contribution in [0.15, 0.2) is 36.7 Å². The maximum atomic E-state index is 12.0. The molecule has 1 fully saturated rings. The number of hydrogen-bond donors (Lipinski definition) is 6. The first kappa shape index (κ1) is 27.8. The molecule has 0 radical (unpaired) electrons. The number of nitrogens with one attached hydrogen (secondary N) is 1. The van der Waals surface area contributed by atoms with Gasteiger partial charge in [0.1, 0.15) is 24.1 Å². The zero-order valence-corrected chi connectivity index (χ0v) is 21.7. The summed E-state index contributed by atoms with van der Waals surface area (Å²) in [6.45, 7) is 1.79. The highest BCUT2D eigenvalue weighted by Crippen LogP contribution is 2.55. The molecule has 2 aromatic heterocycles. The number of imidazole rings is 1. The molecule has 3 aromatic rings. The molecular formula is C21H29N5O9P2. The largest absolute Gasteiger partial charge is 0.387 e. The van der Waals surface area contributed by atoms with E-state index in [-0.39, 0.29) is 0 Å². The van der Waals surface area contributed by atoms with Crippen molar-refractivity contribution in [1.82, 2.24) is 19.5 Å². The molecule has 0 amide bonds. The zero-order valence-electron chi connectivity index (χ0n) is 19.9. The third-order valence-corrected chi connectivity index (χ3v) is 9.12. The number of aliphatic hydroxyl groups excluding tert-OH is 2. The molecule has 1 saturated heterocycles. The predicted octanol–water partition coefficient (Wildman–Crippen LogP) is 1.35. The Kier molecular flexibility index (Phi) is 8.44. The van der Waals surface area contributed by atoms with Gasteiger partial charge in [0.25, 0.3) is 0 Å². The third kappa shape index (κ3) is 6.80. The van der Waals surface area contributed by atoms with Gasteiger partial charge in [0.15, 0.2) is 29.1 Å². The molecular weight excluding hydrogens is 528 g/mol. The van der Waals surface area contributed by atoms with Gasteiger partial charge in [0.05, 0.1) is 12.9 Å². The summed E-state index contributed by atoms with van der Waals surface area (Å²) in [7, 11) is -9.49. The molecule has 6 N–H and O–H groups in total. The van der Waals surface area contributed by atoms with E-state index in [1.165, 1.54) is 10.9 Å². The van der Waals surface area contributed by atoms with Crippen LogP contribution in [0.25, 0.3) is 11.2 Å². The lowest BCUT2D eigenvalue weighted by Crippen LogP contribution is -2.33. The molecule has 0 aliphatic carbocycles. The summed E-state index contributed by atoms with van der Waals surface area (Å²) in [5, 5.41) is 24.4. The van der Waals surface area contributed by atoms with Gasteiger partial charge in [-0.3, -0.25) is 13.7 Å². The molecule has 1 unspecified atom stereocenters. The summed E-state index contributed by atoms with van der Waals surface area (Å²) >= 11 is 0. The quantitative estimate of drug-likeness (QED) is 0.184. The van der Waals surface area contributed by atoms with Crippen LogP contribution < -0.4 is 5.32 Å². The minimum atomic E-state index is -4.82. The summed E-state index contributed by atoms with van der Waals surface area (Å²) in [5.41, 5.74) is 1.80. The number of ether oxygens (including phenoxy) is 1. The first-order valence-electron chi connectivity index (χ1n) is 11.5. The number of fused-ring (bicyclic) bond motifs is 1. The second-order valence-corrected chi connectivity index (χ2v) is 12.7. The van der Waals surface area contributed by atoms with Gasteiger partial charge in [-0.15, -0.1) is 0 Å². The lowest BCUT2D eigenvalue weighted by Gasteiger charge is -2.18. The Morgan fingerprint density at radius 1 is 1.11 bits per heavy atom. The SMILES string of the molecule is CCCc1nc(NCc2ccccc2)c2ncn([C@@H]3O[C@H](COP(=O)(O)CP(=O)(O)O)[C@@H](O)[C@H]3O)c2n1. The molecule has 0 saturated carbocycles. The van der Waals surface area contributed by atoms with E-state index in [4.69, 9.17) is 19.0 Å². The summed E-state index contributed by atoms with van der Waals surface area (Å²) in [6.07, 6.45) is -2.67. The van der Waals surface area contributed by atoms with Gasteiger partial charge in [-0.05, 0) is 12.0 Å². The fourth-order valence-corrected chi connectivity index (χ4v) is 6.52. The van der Waals surface area contributed by atoms with E-state index in [1.807, 2.05) is 37.3 Å². The number of hydrogen-bond acceptors (Lipinski definition) is 10. The third-order valence-electron chi connectivity index (χ3n) is 5.66. The molecule has 0 bridgehead atoms. The molecule has 0 spiro atoms. The number of anilines is 1. The zero-order chi connectivity index (χ0) is 26.8. The van der Waals surface area contributed by atoms with Crippen LogP contribution in [0.2, 0.25) is 0 Å². The molecule has 5 atom stereocenters. The van der Waals surface area contributed by atoms with Gasteiger partial charge in [0.2, 0.25) is 0 Å². The molecule has 1 aliphatic heterocycles. The number of benzene rings is 1. The van der Waals surface area contributed by atoms with Crippen LogP contribution in [0.3, 0.4) is 0 Å². The molecule has 16 heteroatoms. The minimum Gasteiger partial charge on any atom is -0.387 e. The van der Waals surface area contributed by atoms with E-state index >= 15 is 0 Å². The van der Waals surface area contributed by atoms with Crippen molar-refractivity contribution in [3.8, 4) is 0 Å². The molecule has 3 heterocycles. The highest BCUT2D eigenvalue weighted by atomic mass is 31.2. The standard InChI is InChI=1S/C21H29N5O9P2/c1-2-6-15-24-19(22-9-13-7-4-3-5-8-13)16-20(25-15)26(11-23-16)21-18(28)17(27)14(35-21)10-34-37(32,33)12-36(29,30)31/h3-5,7-8,11,14,17-18,21,27-28H,2,6,9-10,12H2,1H3,(H,32,33)(H,22,24,25)(H2,29,30,31)/t14-,17-,18-,21-/m1/s1. The van der Waals surface area contributed by atoms with Crippen LogP contribution in [0.1, 0.15) is 31.0 Å². The number of rotatable bonds is 11. The maximum absolute atomic E-state index is 12.0. The van der Waals surface area contributed by atoms with Gasteiger partial charge in [-0.25, -0.2) is 15.0 Å². The molecule has 1 aromatic carbocycles. The van der Waals surface area contributed by atoms with E-state index < -0.39 is 52.2 Å². The Morgan fingerprint density at radius 3 is 2.51 bits per heavy atom. The highest BCUT2D eigenvalue weighted by Gasteiger charge is 2.45. The Hall–Kier alpha value is -2.25. The maximum Gasteiger partial charge on any atom is 0.340 e. The van der Waals surface area contributed by atoms with Crippen molar-refractivity contribution in [1.29, 1.82) is 0 Å². The van der Waals surface area contributed by atoms with Crippen molar-refractivity contribution in [3.63, 3.8) is 0 Å². The summed E-state index contributed by atoms with van der Waals surface area (Å²) in [5.74, 6) is -0.349. The van der Waals surface area contributed by atoms with E-state index in [0.29, 0.717) is 35.8 Å². The van der Waals surface area contributed by atoms with E-state index in [1.54, 1.807) is 0 Å². The summed E-state index contributed by atoms with van der Waals surface area (Å²) in [4.78, 5) is 41.1. The van der Waals surface area contributed by atoms with Crippen molar-refractivity contribution < 1.29 is 43.3 Å².